The van der Waals surface area contributed by atoms with Crippen molar-refractivity contribution in [2.45, 2.75) is 99.3 Å². The van der Waals surface area contributed by atoms with E-state index in [1.54, 1.807) is 0 Å². The van der Waals surface area contributed by atoms with E-state index in [1.807, 2.05) is 24.3 Å². The summed E-state index contributed by atoms with van der Waals surface area (Å²) in [5, 5.41) is 8.83. The van der Waals surface area contributed by atoms with E-state index in [0.29, 0.717) is 0 Å². The van der Waals surface area contributed by atoms with Crippen molar-refractivity contribution in [3.05, 3.63) is 47.5 Å². The van der Waals surface area contributed by atoms with Gasteiger partial charge in [-0.2, -0.15) is 0 Å². The first-order chi connectivity index (χ1) is 13.3. The second-order valence-corrected chi connectivity index (χ2v) is 9.25. The zero-order valence-corrected chi connectivity index (χ0v) is 19.7. The Bertz CT molecular complexity index is 474. The lowest BCUT2D eigenvalue weighted by Crippen LogP contribution is -2.00. The van der Waals surface area contributed by atoms with E-state index in [-0.39, 0.29) is 6.61 Å². The standard InChI is InChI=1S/C20H40O.C7H8/c1-17(2)9-6-10-18(3)11-7-12-19(4)13-8-14-20(5)15-16-21;1-7-5-3-2-4-6-7/h15,17-19,21H,6-14,16H2,1-5H3;2-6H,1H3/t18-,19-;/m1./s1. The number of aliphatic hydroxyl groups is 1. The fourth-order valence-corrected chi connectivity index (χ4v) is 3.50. The largest absolute Gasteiger partial charge is 0.392 e. The minimum atomic E-state index is 0.191. The number of aryl methyl sites for hydroxylation is 1. The van der Waals surface area contributed by atoms with Crippen molar-refractivity contribution in [1.82, 2.24) is 0 Å². The van der Waals surface area contributed by atoms with Crippen molar-refractivity contribution in [1.29, 1.82) is 0 Å². The third-order valence-electron chi connectivity index (χ3n) is 5.52. The Morgan fingerprint density at radius 2 is 1.32 bits per heavy atom. The highest BCUT2D eigenvalue weighted by atomic mass is 16.2. The molecule has 0 bridgehead atoms. The highest BCUT2D eigenvalue weighted by Crippen LogP contribution is 2.21. The van der Waals surface area contributed by atoms with Gasteiger partial charge in [-0.3, -0.25) is 0 Å². The average Bonchev–Trinajstić information content (AvgIpc) is 2.63. The average molecular weight is 389 g/mol. The molecule has 1 N–H and O–H groups in total. The van der Waals surface area contributed by atoms with Gasteiger partial charge in [-0.15, -0.1) is 0 Å². The summed E-state index contributed by atoms with van der Waals surface area (Å²) in [6.45, 7) is 13.9. The molecule has 1 nitrogen and oxygen atoms in total. The summed E-state index contributed by atoms with van der Waals surface area (Å²) >= 11 is 0. The summed E-state index contributed by atoms with van der Waals surface area (Å²) in [5.74, 6) is 2.63. The third kappa shape index (κ3) is 18.3. The van der Waals surface area contributed by atoms with E-state index >= 15 is 0 Å². The van der Waals surface area contributed by atoms with Gasteiger partial charge in [0.05, 0.1) is 6.61 Å². The van der Waals surface area contributed by atoms with E-state index in [0.717, 1.165) is 24.2 Å². The zero-order chi connectivity index (χ0) is 21.2. The molecule has 0 saturated carbocycles. The summed E-state index contributed by atoms with van der Waals surface area (Å²) in [5.41, 5.74) is 2.66. The van der Waals surface area contributed by atoms with Crippen molar-refractivity contribution < 1.29 is 5.11 Å². The molecule has 0 aliphatic heterocycles. The molecule has 1 aromatic rings. The highest BCUT2D eigenvalue weighted by Gasteiger charge is 2.06. The predicted octanol–water partition coefficient (Wildman–Crippen LogP) is 8.36. The Hall–Kier alpha value is -1.08. The van der Waals surface area contributed by atoms with Gasteiger partial charge in [0.15, 0.2) is 0 Å². The fraction of sp³-hybridized carbons (Fsp3) is 0.704. The van der Waals surface area contributed by atoms with Crippen LogP contribution in [0.1, 0.15) is 98.0 Å². The van der Waals surface area contributed by atoms with Crippen LogP contribution < -0.4 is 0 Å². The van der Waals surface area contributed by atoms with Crippen molar-refractivity contribution in [3.8, 4) is 0 Å². The number of benzene rings is 1. The van der Waals surface area contributed by atoms with Gasteiger partial charge in [-0.1, -0.05) is 120 Å². The van der Waals surface area contributed by atoms with Crippen molar-refractivity contribution in [2.75, 3.05) is 6.61 Å². The van der Waals surface area contributed by atoms with Gasteiger partial charge in [-0.05, 0) is 44.4 Å². The molecule has 1 heteroatoms. The van der Waals surface area contributed by atoms with Crippen LogP contribution in [0.5, 0.6) is 0 Å². The molecule has 0 fully saturated rings. The molecule has 0 radical (unpaired) electrons. The number of hydrogen-bond donors (Lipinski definition) is 1. The van der Waals surface area contributed by atoms with Crippen LogP contribution in [0.15, 0.2) is 42.0 Å². The molecule has 0 saturated heterocycles. The molecule has 0 amide bonds. The minimum absolute atomic E-state index is 0.191. The number of rotatable bonds is 13. The molecule has 0 heterocycles. The Kier molecular flexibility index (Phi) is 17.3. The Morgan fingerprint density at radius 3 is 1.75 bits per heavy atom. The molecule has 0 spiro atoms. The van der Waals surface area contributed by atoms with Crippen molar-refractivity contribution >= 4 is 0 Å². The second-order valence-electron chi connectivity index (χ2n) is 9.25. The van der Waals surface area contributed by atoms with Crippen LogP contribution in [0.4, 0.5) is 0 Å². The molecule has 1 aromatic carbocycles. The van der Waals surface area contributed by atoms with Crippen LogP contribution in [0.2, 0.25) is 0 Å². The van der Waals surface area contributed by atoms with Crippen LogP contribution in [-0.4, -0.2) is 11.7 Å². The Morgan fingerprint density at radius 1 is 0.821 bits per heavy atom. The summed E-state index contributed by atoms with van der Waals surface area (Å²) < 4.78 is 0. The number of aliphatic hydroxyl groups excluding tert-OH is 1. The van der Waals surface area contributed by atoms with Crippen LogP contribution >= 0.6 is 0 Å². The molecule has 0 aliphatic rings. The molecule has 1 rings (SSSR count). The predicted molar refractivity (Wildman–Crippen MR) is 127 cm³/mol. The number of allylic oxidation sites excluding steroid dienone is 1. The van der Waals surface area contributed by atoms with Crippen LogP contribution in [0.25, 0.3) is 0 Å². The SMILES string of the molecule is CC(=CCO)CCC[C@H](C)CCC[C@H](C)CCCC(C)C.Cc1ccccc1. The monoisotopic (exact) mass is 388 g/mol. The first kappa shape index (κ1) is 26.9. The Labute approximate surface area is 176 Å². The molecule has 0 aliphatic carbocycles. The summed E-state index contributed by atoms with van der Waals surface area (Å²) in [6, 6.07) is 10.3. The van der Waals surface area contributed by atoms with Crippen molar-refractivity contribution in [2.24, 2.45) is 17.8 Å². The van der Waals surface area contributed by atoms with Crippen LogP contribution in [0, 0.1) is 24.7 Å². The maximum atomic E-state index is 8.83. The first-order valence-corrected chi connectivity index (χ1v) is 11.6. The van der Waals surface area contributed by atoms with Gasteiger partial charge in [0.25, 0.3) is 0 Å². The minimum Gasteiger partial charge on any atom is -0.392 e. The molecule has 2 atom stereocenters. The summed E-state index contributed by atoms with van der Waals surface area (Å²) in [4.78, 5) is 0. The lowest BCUT2D eigenvalue weighted by Gasteiger charge is -2.15. The molecule has 162 valence electrons. The fourth-order valence-electron chi connectivity index (χ4n) is 3.50. The van der Waals surface area contributed by atoms with Gasteiger partial charge < -0.3 is 5.11 Å². The van der Waals surface area contributed by atoms with E-state index < -0.39 is 0 Å². The van der Waals surface area contributed by atoms with Gasteiger partial charge >= 0.3 is 0 Å². The molecular weight excluding hydrogens is 340 g/mol. The molecular formula is C27H48O. The second kappa shape index (κ2) is 18.0. The van der Waals surface area contributed by atoms with Crippen LogP contribution in [0.3, 0.4) is 0 Å². The topological polar surface area (TPSA) is 20.2 Å². The first-order valence-electron chi connectivity index (χ1n) is 11.6. The smallest absolute Gasteiger partial charge is 0.0614 e. The summed E-state index contributed by atoms with van der Waals surface area (Å²) in [7, 11) is 0. The molecule has 0 unspecified atom stereocenters. The zero-order valence-electron chi connectivity index (χ0n) is 19.7. The Balaban J connectivity index is 0.000000861. The van der Waals surface area contributed by atoms with E-state index in [2.05, 4.69) is 53.7 Å². The maximum absolute atomic E-state index is 8.83. The molecule has 0 aromatic heterocycles. The van der Waals surface area contributed by atoms with Crippen LogP contribution in [-0.2, 0) is 0 Å². The van der Waals surface area contributed by atoms with Gasteiger partial charge in [-0.25, -0.2) is 0 Å². The van der Waals surface area contributed by atoms with Gasteiger partial charge in [0, 0.05) is 0 Å². The van der Waals surface area contributed by atoms with Gasteiger partial charge in [0.2, 0.25) is 0 Å². The highest BCUT2D eigenvalue weighted by molar-refractivity contribution is 5.11. The number of hydrogen-bond acceptors (Lipinski definition) is 1. The molecule has 28 heavy (non-hydrogen) atoms. The maximum Gasteiger partial charge on any atom is 0.0614 e. The van der Waals surface area contributed by atoms with Gasteiger partial charge in [0.1, 0.15) is 0 Å². The third-order valence-corrected chi connectivity index (χ3v) is 5.52. The lowest BCUT2D eigenvalue weighted by atomic mass is 9.91. The van der Waals surface area contributed by atoms with E-state index in [4.69, 9.17) is 5.11 Å². The lowest BCUT2D eigenvalue weighted by molar-refractivity contribution is 0.341. The van der Waals surface area contributed by atoms with E-state index in [1.165, 1.54) is 62.5 Å². The van der Waals surface area contributed by atoms with Crippen molar-refractivity contribution in [3.63, 3.8) is 0 Å². The summed E-state index contributed by atoms with van der Waals surface area (Å²) in [6.07, 6.45) is 14.1. The normalized spacial score (nSPS) is 13.8. The quantitative estimate of drug-likeness (QED) is 0.336. The van der Waals surface area contributed by atoms with E-state index in [9.17, 15) is 0 Å².